The van der Waals surface area contributed by atoms with Crippen molar-refractivity contribution in [2.75, 3.05) is 26.2 Å². The Morgan fingerprint density at radius 1 is 1.27 bits per heavy atom. The van der Waals surface area contributed by atoms with Crippen molar-refractivity contribution in [1.29, 1.82) is 0 Å². The summed E-state index contributed by atoms with van der Waals surface area (Å²) in [6.45, 7) is 4.91. The van der Waals surface area contributed by atoms with Gasteiger partial charge in [0.15, 0.2) is 0 Å². The van der Waals surface area contributed by atoms with Gasteiger partial charge in [0.2, 0.25) is 11.8 Å². The van der Waals surface area contributed by atoms with Crippen molar-refractivity contribution in [3.8, 4) is 0 Å². The van der Waals surface area contributed by atoms with E-state index in [4.69, 9.17) is 4.74 Å². The van der Waals surface area contributed by atoms with Gasteiger partial charge in [0.25, 0.3) is 0 Å². The van der Waals surface area contributed by atoms with Gasteiger partial charge in [-0.15, -0.1) is 0 Å². The second-order valence-electron chi connectivity index (χ2n) is 7.52. The number of carbonyl (C=O) groups is 2. The molecule has 5 heteroatoms. The summed E-state index contributed by atoms with van der Waals surface area (Å²) in [6.07, 6.45) is 5.73. The zero-order valence-electron chi connectivity index (χ0n) is 15.8. The molecule has 2 heterocycles. The topological polar surface area (TPSA) is 49.9 Å². The SMILES string of the molecule is Cc1cccc(CN(CC2CCCO2)C(=O)CN2CCCCCC2=O)c1. The molecule has 2 fully saturated rings. The molecule has 0 saturated carbocycles. The first-order chi connectivity index (χ1) is 12.6. The Balaban J connectivity index is 1.68. The van der Waals surface area contributed by atoms with Gasteiger partial charge in [-0.3, -0.25) is 9.59 Å². The number of carbonyl (C=O) groups excluding carboxylic acids is 2. The van der Waals surface area contributed by atoms with Crippen molar-refractivity contribution in [1.82, 2.24) is 9.80 Å². The molecule has 0 bridgehead atoms. The second-order valence-corrected chi connectivity index (χ2v) is 7.52. The van der Waals surface area contributed by atoms with Crippen molar-refractivity contribution in [3.63, 3.8) is 0 Å². The van der Waals surface area contributed by atoms with Crippen LogP contribution in [0.15, 0.2) is 24.3 Å². The first kappa shape index (κ1) is 18.9. The summed E-state index contributed by atoms with van der Waals surface area (Å²) in [4.78, 5) is 28.9. The van der Waals surface area contributed by atoms with Crippen LogP contribution >= 0.6 is 0 Å². The molecule has 142 valence electrons. The van der Waals surface area contributed by atoms with Crippen molar-refractivity contribution < 1.29 is 14.3 Å². The van der Waals surface area contributed by atoms with E-state index in [-0.39, 0.29) is 24.5 Å². The van der Waals surface area contributed by atoms with E-state index >= 15 is 0 Å². The third kappa shape index (κ3) is 5.31. The van der Waals surface area contributed by atoms with Gasteiger partial charge in [-0.25, -0.2) is 0 Å². The molecule has 1 unspecified atom stereocenters. The van der Waals surface area contributed by atoms with Crippen molar-refractivity contribution in [2.24, 2.45) is 0 Å². The molecular weight excluding hydrogens is 328 g/mol. The number of hydrogen-bond donors (Lipinski definition) is 0. The van der Waals surface area contributed by atoms with Crippen LogP contribution < -0.4 is 0 Å². The zero-order chi connectivity index (χ0) is 18.4. The highest BCUT2D eigenvalue weighted by molar-refractivity contribution is 5.85. The van der Waals surface area contributed by atoms with Gasteiger partial charge in [-0.1, -0.05) is 36.2 Å². The first-order valence-corrected chi connectivity index (χ1v) is 9.84. The van der Waals surface area contributed by atoms with Crippen LogP contribution in [0.1, 0.15) is 49.7 Å². The molecule has 0 N–H and O–H groups in total. The molecule has 0 aromatic heterocycles. The Hall–Kier alpha value is -1.88. The number of aryl methyl sites for hydroxylation is 1. The first-order valence-electron chi connectivity index (χ1n) is 9.84. The molecule has 0 radical (unpaired) electrons. The van der Waals surface area contributed by atoms with Crippen LogP contribution in [0.2, 0.25) is 0 Å². The van der Waals surface area contributed by atoms with Crippen molar-refractivity contribution in [2.45, 2.75) is 58.1 Å². The highest BCUT2D eigenvalue weighted by Gasteiger charge is 2.26. The smallest absolute Gasteiger partial charge is 0.242 e. The third-order valence-corrected chi connectivity index (χ3v) is 5.25. The molecule has 2 saturated heterocycles. The van der Waals surface area contributed by atoms with Gasteiger partial charge in [-0.2, -0.15) is 0 Å². The van der Waals surface area contributed by atoms with E-state index in [2.05, 4.69) is 25.1 Å². The van der Waals surface area contributed by atoms with Crippen LogP contribution in [-0.2, 0) is 20.9 Å². The fourth-order valence-corrected chi connectivity index (χ4v) is 3.79. The molecule has 0 spiro atoms. The monoisotopic (exact) mass is 358 g/mol. The molecule has 2 aliphatic rings. The minimum atomic E-state index is 0.0252. The molecule has 1 aromatic rings. The Kier molecular flexibility index (Phi) is 6.67. The minimum Gasteiger partial charge on any atom is -0.376 e. The Morgan fingerprint density at radius 2 is 2.15 bits per heavy atom. The van der Waals surface area contributed by atoms with E-state index in [1.54, 1.807) is 4.90 Å². The van der Waals surface area contributed by atoms with E-state index in [0.717, 1.165) is 44.3 Å². The molecule has 2 amide bonds. The van der Waals surface area contributed by atoms with Gasteiger partial charge in [0.05, 0.1) is 12.6 Å². The predicted molar refractivity (Wildman–Crippen MR) is 101 cm³/mol. The van der Waals surface area contributed by atoms with Gasteiger partial charge < -0.3 is 14.5 Å². The average molecular weight is 358 g/mol. The number of nitrogens with zero attached hydrogens (tertiary/aromatic N) is 2. The summed E-state index contributed by atoms with van der Waals surface area (Å²) >= 11 is 0. The van der Waals surface area contributed by atoms with E-state index in [0.29, 0.717) is 26.1 Å². The third-order valence-electron chi connectivity index (χ3n) is 5.25. The predicted octanol–water partition coefficient (Wildman–Crippen LogP) is 2.91. The quantitative estimate of drug-likeness (QED) is 0.786. The molecular formula is C21H30N2O3. The lowest BCUT2D eigenvalue weighted by molar-refractivity contribution is -0.141. The van der Waals surface area contributed by atoms with Crippen LogP contribution in [0.5, 0.6) is 0 Å². The lowest BCUT2D eigenvalue weighted by Gasteiger charge is -2.29. The highest BCUT2D eigenvalue weighted by atomic mass is 16.5. The minimum absolute atomic E-state index is 0.0252. The number of benzene rings is 1. The van der Waals surface area contributed by atoms with Crippen LogP contribution in [0.4, 0.5) is 0 Å². The number of ether oxygens (including phenoxy) is 1. The maximum absolute atomic E-state index is 13.0. The zero-order valence-corrected chi connectivity index (χ0v) is 15.8. The highest BCUT2D eigenvalue weighted by Crippen LogP contribution is 2.17. The van der Waals surface area contributed by atoms with Crippen LogP contribution in [0.3, 0.4) is 0 Å². The summed E-state index contributed by atoms with van der Waals surface area (Å²) in [7, 11) is 0. The van der Waals surface area contributed by atoms with Gasteiger partial charge in [0, 0.05) is 32.7 Å². The Bertz CT molecular complexity index is 625. The molecule has 1 aromatic carbocycles. The van der Waals surface area contributed by atoms with Crippen LogP contribution in [-0.4, -0.2) is 54.0 Å². The Labute approximate surface area is 156 Å². The summed E-state index contributed by atoms with van der Waals surface area (Å²) in [6, 6.07) is 8.26. The molecule has 1 atom stereocenters. The lowest BCUT2D eigenvalue weighted by atomic mass is 10.1. The summed E-state index contributed by atoms with van der Waals surface area (Å²) in [5, 5.41) is 0. The van der Waals surface area contributed by atoms with Gasteiger partial charge in [-0.05, 0) is 38.2 Å². The van der Waals surface area contributed by atoms with Crippen molar-refractivity contribution >= 4 is 11.8 Å². The van der Waals surface area contributed by atoms with E-state index in [9.17, 15) is 9.59 Å². The largest absolute Gasteiger partial charge is 0.376 e. The number of rotatable bonds is 6. The summed E-state index contributed by atoms with van der Waals surface area (Å²) < 4.78 is 5.75. The van der Waals surface area contributed by atoms with Gasteiger partial charge in [0.1, 0.15) is 0 Å². The number of hydrogen-bond acceptors (Lipinski definition) is 3. The molecule has 5 nitrogen and oxygen atoms in total. The molecule has 26 heavy (non-hydrogen) atoms. The van der Waals surface area contributed by atoms with Crippen LogP contribution in [0, 0.1) is 6.92 Å². The number of amides is 2. The van der Waals surface area contributed by atoms with Gasteiger partial charge >= 0.3 is 0 Å². The Morgan fingerprint density at radius 3 is 2.92 bits per heavy atom. The normalized spacial score (nSPS) is 20.9. The second kappa shape index (κ2) is 9.17. The van der Waals surface area contributed by atoms with E-state index < -0.39 is 0 Å². The fourth-order valence-electron chi connectivity index (χ4n) is 3.79. The maximum atomic E-state index is 13.0. The standard InChI is InChI=1S/C21H30N2O3/c1-17-7-5-8-18(13-17)14-23(15-19-9-6-12-26-19)21(25)16-22-11-4-2-3-10-20(22)24/h5,7-8,13,19H,2-4,6,9-12,14-16H2,1H3. The maximum Gasteiger partial charge on any atom is 0.242 e. The van der Waals surface area contributed by atoms with E-state index in [1.165, 1.54) is 5.56 Å². The molecule has 0 aliphatic carbocycles. The molecule has 3 rings (SSSR count). The average Bonchev–Trinajstić information content (AvgIpc) is 3.04. The number of likely N-dealkylation sites (tertiary alicyclic amines) is 1. The summed E-state index contributed by atoms with van der Waals surface area (Å²) in [5.41, 5.74) is 2.31. The fraction of sp³-hybridized carbons (Fsp3) is 0.619. The van der Waals surface area contributed by atoms with Crippen molar-refractivity contribution in [3.05, 3.63) is 35.4 Å². The lowest BCUT2D eigenvalue weighted by Crippen LogP contribution is -2.44. The summed E-state index contributed by atoms with van der Waals surface area (Å²) in [5.74, 6) is 0.140. The molecule has 2 aliphatic heterocycles. The van der Waals surface area contributed by atoms with Crippen LogP contribution in [0.25, 0.3) is 0 Å². The van der Waals surface area contributed by atoms with E-state index in [1.807, 2.05) is 11.0 Å².